The summed E-state index contributed by atoms with van der Waals surface area (Å²) in [6.45, 7) is 4.15. The molecule has 0 spiro atoms. The Morgan fingerprint density at radius 1 is 1.39 bits per heavy atom. The average Bonchev–Trinajstić information content (AvgIpc) is 2.87. The van der Waals surface area contributed by atoms with Gasteiger partial charge < -0.3 is 15.5 Å². The molecule has 3 N–H and O–H groups in total. The lowest BCUT2D eigenvalue weighted by Gasteiger charge is -2.23. The van der Waals surface area contributed by atoms with Crippen LogP contribution in [-0.2, 0) is 0 Å². The van der Waals surface area contributed by atoms with Gasteiger partial charge in [-0.2, -0.15) is 5.10 Å². The molecule has 124 valence electrons. The smallest absolute Gasteiger partial charge is 0.275 e. The second kappa shape index (κ2) is 6.78. The number of hydrogen-bond donors (Lipinski definition) is 3. The van der Waals surface area contributed by atoms with Crippen LogP contribution >= 0.6 is 0 Å². The van der Waals surface area contributed by atoms with Crippen molar-refractivity contribution < 1.29 is 19.4 Å². The minimum Gasteiger partial charge on any atom is -0.504 e. The summed E-state index contributed by atoms with van der Waals surface area (Å²) in [4.78, 5) is 12.1. The Morgan fingerprint density at radius 2 is 2.09 bits per heavy atom. The van der Waals surface area contributed by atoms with Crippen molar-refractivity contribution in [3.63, 3.8) is 0 Å². The number of carbonyl (C=O) groups excluding carboxylic acids is 1. The van der Waals surface area contributed by atoms with Gasteiger partial charge in [-0.05, 0) is 24.0 Å². The molecule has 0 bridgehead atoms. The lowest BCUT2D eigenvalue weighted by atomic mass is 9.90. The van der Waals surface area contributed by atoms with Gasteiger partial charge in [0.25, 0.3) is 5.91 Å². The summed E-state index contributed by atoms with van der Waals surface area (Å²) >= 11 is 0. The number of aromatic hydroxyl groups is 1. The van der Waals surface area contributed by atoms with Crippen molar-refractivity contribution in [2.24, 2.45) is 5.41 Å². The molecule has 1 aromatic heterocycles. The monoisotopic (exact) mass is 321 g/mol. The zero-order chi connectivity index (χ0) is 17.0. The van der Waals surface area contributed by atoms with Crippen molar-refractivity contribution in [3.8, 4) is 11.4 Å². The van der Waals surface area contributed by atoms with Crippen molar-refractivity contribution in [1.29, 1.82) is 0 Å². The summed E-state index contributed by atoms with van der Waals surface area (Å²) in [5.41, 5.74) is -0.316. The van der Waals surface area contributed by atoms with Crippen LogP contribution in [0, 0.1) is 11.2 Å². The third kappa shape index (κ3) is 4.07. The van der Waals surface area contributed by atoms with Crippen LogP contribution in [-0.4, -0.2) is 39.1 Å². The Hall–Kier alpha value is -2.41. The molecule has 0 unspecified atom stereocenters. The molecule has 0 atom stereocenters. The fraction of sp³-hybridized carbons (Fsp3) is 0.375. The van der Waals surface area contributed by atoms with E-state index < -0.39 is 11.7 Å². The van der Waals surface area contributed by atoms with Crippen LogP contribution in [0.2, 0.25) is 0 Å². The Kier molecular flexibility index (Phi) is 5.00. The maximum absolute atomic E-state index is 13.7. The zero-order valence-corrected chi connectivity index (χ0v) is 13.1. The largest absolute Gasteiger partial charge is 0.504 e. The Bertz CT molecular complexity index is 698. The van der Waals surface area contributed by atoms with E-state index in [0.29, 0.717) is 13.0 Å². The Labute approximate surface area is 133 Å². The summed E-state index contributed by atoms with van der Waals surface area (Å²) < 4.78 is 14.9. The van der Waals surface area contributed by atoms with Gasteiger partial charge in [-0.15, -0.1) is 0 Å². The van der Waals surface area contributed by atoms with Crippen molar-refractivity contribution in [1.82, 2.24) is 15.1 Å². The van der Waals surface area contributed by atoms with Crippen LogP contribution in [0.1, 0.15) is 30.8 Å². The molecule has 0 fully saturated rings. The topological polar surface area (TPSA) is 87.4 Å². The standard InChI is InChI=1S/C16H20FN3O3/c1-16(2,7-8-21)10-18-15(23)14-13(22)9-20(19-14)12-6-4-3-5-11(12)17/h3-6,9,21-22H,7-8,10H2,1-2H3,(H,18,23). The fourth-order valence-corrected chi connectivity index (χ4v) is 2.08. The molecule has 1 aromatic carbocycles. The summed E-state index contributed by atoms with van der Waals surface area (Å²) in [7, 11) is 0. The molecule has 0 aliphatic rings. The number of aliphatic hydroxyl groups is 1. The first-order valence-corrected chi connectivity index (χ1v) is 7.27. The van der Waals surface area contributed by atoms with Gasteiger partial charge in [-0.25, -0.2) is 9.07 Å². The number of para-hydroxylation sites is 1. The average molecular weight is 321 g/mol. The highest BCUT2D eigenvalue weighted by molar-refractivity contribution is 5.94. The van der Waals surface area contributed by atoms with E-state index in [1.807, 2.05) is 13.8 Å². The van der Waals surface area contributed by atoms with E-state index in [-0.39, 0.29) is 29.2 Å². The molecule has 2 rings (SSSR count). The van der Waals surface area contributed by atoms with Crippen molar-refractivity contribution in [2.75, 3.05) is 13.2 Å². The van der Waals surface area contributed by atoms with Crippen LogP contribution in [0.4, 0.5) is 4.39 Å². The van der Waals surface area contributed by atoms with Gasteiger partial charge in [0.2, 0.25) is 0 Å². The molecular formula is C16H20FN3O3. The van der Waals surface area contributed by atoms with E-state index in [0.717, 1.165) is 4.68 Å². The van der Waals surface area contributed by atoms with Gasteiger partial charge in [0.05, 0.1) is 6.20 Å². The van der Waals surface area contributed by atoms with E-state index in [4.69, 9.17) is 5.11 Å². The van der Waals surface area contributed by atoms with Gasteiger partial charge in [0.15, 0.2) is 11.4 Å². The van der Waals surface area contributed by atoms with Gasteiger partial charge in [-0.3, -0.25) is 4.79 Å². The first-order valence-electron chi connectivity index (χ1n) is 7.27. The van der Waals surface area contributed by atoms with Gasteiger partial charge in [-0.1, -0.05) is 26.0 Å². The molecule has 7 heteroatoms. The molecular weight excluding hydrogens is 301 g/mol. The normalized spacial score (nSPS) is 11.5. The molecule has 0 aliphatic heterocycles. The fourth-order valence-electron chi connectivity index (χ4n) is 2.08. The number of rotatable bonds is 6. The number of nitrogens with zero attached hydrogens (tertiary/aromatic N) is 2. The number of aromatic nitrogens is 2. The Balaban J connectivity index is 2.15. The first-order chi connectivity index (χ1) is 10.8. The predicted molar refractivity (Wildman–Crippen MR) is 83.0 cm³/mol. The minimum absolute atomic E-state index is 0.0238. The number of aliphatic hydroxyl groups excluding tert-OH is 1. The van der Waals surface area contributed by atoms with Gasteiger partial charge in [0, 0.05) is 13.2 Å². The zero-order valence-electron chi connectivity index (χ0n) is 13.1. The molecule has 0 aliphatic carbocycles. The van der Waals surface area contributed by atoms with Crippen molar-refractivity contribution in [2.45, 2.75) is 20.3 Å². The lowest BCUT2D eigenvalue weighted by Crippen LogP contribution is -2.34. The van der Waals surface area contributed by atoms with E-state index in [9.17, 15) is 14.3 Å². The third-order valence-electron chi connectivity index (χ3n) is 3.53. The number of nitrogens with one attached hydrogen (secondary N) is 1. The number of hydrogen-bond acceptors (Lipinski definition) is 4. The number of amides is 1. The second-order valence-electron chi connectivity index (χ2n) is 6.08. The second-order valence-corrected chi connectivity index (χ2v) is 6.08. The third-order valence-corrected chi connectivity index (χ3v) is 3.53. The molecule has 2 aromatic rings. The molecule has 0 radical (unpaired) electrons. The predicted octanol–water partition coefficient (Wildman–Crippen LogP) is 1.86. The molecule has 1 heterocycles. The highest BCUT2D eigenvalue weighted by Crippen LogP contribution is 2.21. The van der Waals surface area contributed by atoms with Crippen molar-refractivity contribution >= 4 is 5.91 Å². The summed E-state index contributed by atoms with van der Waals surface area (Å²) in [6, 6.07) is 5.94. The summed E-state index contributed by atoms with van der Waals surface area (Å²) in [5, 5.41) is 25.5. The number of carbonyl (C=O) groups is 1. The number of halogens is 1. The van der Waals surface area contributed by atoms with E-state index in [2.05, 4.69) is 10.4 Å². The van der Waals surface area contributed by atoms with Gasteiger partial charge in [0.1, 0.15) is 11.5 Å². The Morgan fingerprint density at radius 3 is 2.74 bits per heavy atom. The van der Waals surface area contributed by atoms with E-state index in [1.54, 1.807) is 12.1 Å². The van der Waals surface area contributed by atoms with Crippen LogP contribution in [0.5, 0.6) is 5.75 Å². The molecule has 23 heavy (non-hydrogen) atoms. The number of benzene rings is 1. The van der Waals surface area contributed by atoms with Crippen LogP contribution < -0.4 is 5.32 Å². The molecule has 6 nitrogen and oxygen atoms in total. The van der Waals surface area contributed by atoms with Crippen LogP contribution in [0.25, 0.3) is 5.69 Å². The molecule has 0 saturated heterocycles. The molecule has 1 amide bonds. The lowest BCUT2D eigenvalue weighted by molar-refractivity contribution is 0.0920. The quantitative estimate of drug-likeness (QED) is 0.758. The highest BCUT2D eigenvalue weighted by Gasteiger charge is 2.22. The van der Waals surface area contributed by atoms with Gasteiger partial charge >= 0.3 is 0 Å². The maximum atomic E-state index is 13.7. The van der Waals surface area contributed by atoms with Crippen LogP contribution in [0.3, 0.4) is 0 Å². The van der Waals surface area contributed by atoms with Crippen molar-refractivity contribution in [3.05, 3.63) is 42.0 Å². The minimum atomic E-state index is -0.552. The SMILES string of the molecule is CC(C)(CCO)CNC(=O)c1nn(-c2ccccc2F)cc1O. The first kappa shape index (κ1) is 17.0. The van der Waals surface area contributed by atoms with E-state index in [1.165, 1.54) is 18.3 Å². The van der Waals surface area contributed by atoms with Crippen LogP contribution in [0.15, 0.2) is 30.5 Å². The summed E-state index contributed by atoms with van der Waals surface area (Å²) in [5.74, 6) is -1.39. The van der Waals surface area contributed by atoms with E-state index >= 15 is 0 Å². The highest BCUT2D eigenvalue weighted by atomic mass is 19.1. The maximum Gasteiger partial charge on any atom is 0.275 e. The molecule has 0 saturated carbocycles. The summed E-state index contributed by atoms with van der Waals surface area (Å²) in [6.07, 6.45) is 1.72.